The summed E-state index contributed by atoms with van der Waals surface area (Å²) < 4.78 is 28.9. The van der Waals surface area contributed by atoms with Crippen LogP contribution in [0.1, 0.15) is 34.1 Å². The lowest BCUT2D eigenvalue weighted by Gasteiger charge is -2.28. The molecule has 7 heteroatoms. The van der Waals surface area contributed by atoms with E-state index >= 15 is 0 Å². The highest BCUT2D eigenvalue weighted by Gasteiger charge is 2.46. The minimum atomic E-state index is -3.76. The van der Waals surface area contributed by atoms with Crippen LogP contribution in [0.2, 0.25) is 5.02 Å². The van der Waals surface area contributed by atoms with Gasteiger partial charge < -0.3 is 10.1 Å². The van der Waals surface area contributed by atoms with Crippen LogP contribution in [0, 0.1) is 0 Å². The fourth-order valence-electron chi connectivity index (χ4n) is 2.77. The fourth-order valence-corrected chi connectivity index (χ4v) is 3.48. The third kappa shape index (κ3) is 3.69. The maximum absolute atomic E-state index is 11.4. The van der Waals surface area contributed by atoms with Gasteiger partial charge >= 0.3 is 0 Å². The van der Waals surface area contributed by atoms with Crippen molar-refractivity contribution in [3.05, 3.63) is 23.2 Å². The van der Waals surface area contributed by atoms with E-state index in [0.717, 1.165) is 6.42 Å². The number of rotatable bonds is 3. The van der Waals surface area contributed by atoms with E-state index in [1.54, 1.807) is 0 Å². The molecule has 21 heavy (non-hydrogen) atoms. The number of sulfonamides is 1. The first-order valence-corrected chi connectivity index (χ1v) is 8.62. The second kappa shape index (κ2) is 5.12. The van der Waals surface area contributed by atoms with Crippen LogP contribution in [-0.2, 0) is 14.8 Å². The zero-order chi connectivity index (χ0) is 16.1. The predicted molar refractivity (Wildman–Crippen MR) is 84.1 cm³/mol. The van der Waals surface area contributed by atoms with Crippen molar-refractivity contribution in [1.82, 2.24) is 0 Å². The number of hydrogen-bond donors (Lipinski definition) is 2. The molecule has 0 radical (unpaired) electrons. The first-order chi connectivity index (χ1) is 9.41. The molecule has 0 aromatic heterocycles. The van der Waals surface area contributed by atoms with Crippen LogP contribution >= 0.6 is 11.6 Å². The summed E-state index contributed by atoms with van der Waals surface area (Å²) in [5.41, 5.74) is -0.0853. The molecule has 2 rings (SSSR count). The number of nitrogens with one attached hydrogen (secondary N) is 1. The molecule has 1 unspecified atom stereocenters. The van der Waals surface area contributed by atoms with Gasteiger partial charge in [-0.1, -0.05) is 11.6 Å². The Balaban J connectivity index is 2.32. The molecule has 1 atom stereocenters. The molecule has 0 spiro atoms. The normalized spacial score (nSPS) is 24.0. The highest BCUT2D eigenvalue weighted by atomic mass is 35.5. The summed E-state index contributed by atoms with van der Waals surface area (Å²) in [5.74, 6) is 0. The quantitative estimate of drug-likeness (QED) is 0.891. The zero-order valence-electron chi connectivity index (χ0n) is 12.6. The van der Waals surface area contributed by atoms with E-state index in [1.165, 1.54) is 18.2 Å². The van der Waals surface area contributed by atoms with Gasteiger partial charge in [-0.2, -0.15) is 0 Å². The molecule has 0 amide bonds. The lowest BCUT2D eigenvalue weighted by Crippen LogP contribution is -2.38. The van der Waals surface area contributed by atoms with Crippen LogP contribution in [0.5, 0.6) is 0 Å². The Labute approximate surface area is 130 Å². The molecule has 1 aromatic carbocycles. The van der Waals surface area contributed by atoms with Crippen molar-refractivity contribution >= 4 is 27.3 Å². The van der Waals surface area contributed by atoms with Crippen molar-refractivity contribution < 1.29 is 13.2 Å². The molecule has 118 valence electrons. The van der Waals surface area contributed by atoms with Gasteiger partial charge in [0.1, 0.15) is 0 Å². The second-order valence-corrected chi connectivity index (χ2v) is 8.52. The van der Waals surface area contributed by atoms with Crippen molar-refractivity contribution in [2.24, 2.45) is 5.14 Å². The smallest absolute Gasteiger partial charge is 0.238 e. The van der Waals surface area contributed by atoms with E-state index < -0.39 is 10.0 Å². The Hall–Kier alpha value is -0.820. The molecule has 1 heterocycles. The number of nitrogens with two attached hydrogens (primary N) is 1. The van der Waals surface area contributed by atoms with E-state index in [4.69, 9.17) is 21.5 Å². The Bertz CT molecular complexity index is 656. The molecule has 1 aliphatic rings. The Morgan fingerprint density at radius 3 is 2.43 bits per heavy atom. The number of primary sulfonamides is 1. The van der Waals surface area contributed by atoms with Crippen LogP contribution in [0.3, 0.4) is 0 Å². The van der Waals surface area contributed by atoms with Crippen molar-refractivity contribution in [2.45, 2.75) is 56.3 Å². The van der Waals surface area contributed by atoms with Crippen molar-refractivity contribution in [3.8, 4) is 0 Å². The number of anilines is 1. The van der Waals surface area contributed by atoms with Crippen LogP contribution < -0.4 is 10.5 Å². The van der Waals surface area contributed by atoms with Gasteiger partial charge in [0.15, 0.2) is 0 Å². The van der Waals surface area contributed by atoms with Gasteiger partial charge in [-0.15, -0.1) is 0 Å². The average molecular weight is 333 g/mol. The molecule has 1 aliphatic heterocycles. The van der Waals surface area contributed by atoms with E-state index in [9.17, 15) is 8.42 Å². The topological polar surface area (TPSA) is 81.4 Å². The van der Waals surface area contributed by atoms with Gasteiger partial charge in [0, 0.05) is 0 Å². The zero-order valence-corrected chi connectivity index (χ0v) is 14.2. The predicted octanol–water partition coefficient (Wildman–Crippen LogP) is 2.75. The molecule has 0 aliphatic carbocycles. The molecule has 5 nitrogen and oxygen atoms in total. The minimum absolute atomic E-state index is 0.0146. The fraction of sp³-hybridized carbons (Fsp3) is 0.571. The Morgan fingerprint density at radius 1 is 1.33 bits per heavy atom. The van der Waals surface area contributed by atoms with Crippen molar-refractivity contribution in [3.63, 3.8) is 0 Å². The number of ether oxygens (including phenoxy) is 1. The van der Waals surface area contributed by atoms with Gasteiger partial charge in [0.2, 0.25) is 10.0 Å². The van der Waals surface area contributed by atoms with E-state index in [0.29, 0.717) is 10.7 Å². The number of benzene rings is 1. The summed E-state index contributed by atoms with van der Waals surface area (Å²) in [6, 6.07) is 4.39. The lowest BCUT2D eigenvalue weighted by molar-refractivity contribution is -0.0662. The summed E-state index contributed by atoms with van der Waals surface area (Å²) in [4.78, 5) is 0.0328. The summed E-state index contributed by atoms with van der Waals surface area (Å²) in [7, 11) is -3.76. The maximum atomic E-state index is 11.4. The molecular weight excluding hydrogens is 312 g/mol. The Kier molecular flexibility index (Phi) is 4.04. The summed E-state index contributed by atoms with van der Waals surface area (Å²) in [5, 5.41) is 8.89. The van der Waals surface area contributed by atoms with E-state index in [2.05, 4.69) is 5.32 Å². The van der Waals surface area contributed by atoms with Gasteiger partial charge in [-0.3, -0.25) is 0 Å². The van der Waals surface area contributed by atoms with E-state index in [-0.39, 0.29) is 22.1 Å². The molecule has 0 bridgehead atoms. The van der Waals surface area contributed by atoms with Gasteiger partial charge in [0.05, 0.1) is 32.8 Å². The molecular formula is C14H21ClN2O3S. The molecule has 1 fully saturated rings. The van der Waals surface area contributed by atoms with Gasteiger partial charge in [-0.05, 0) is 52.3 Å². The molecule has 1 saturated heterocycles. The molecule has 3 N–H and O–H groups in total. The summed E-state index contributed by atoms with van der Waals surface area (Å²) >= 11 is 6.15. The monoisotopic (exact) mass is 332 g/mol. The third-order valence-corrected chi connectivity index (χ3v) is 4.91. The van der Waals surface area contributed by atoms with Gasteiger partial charge in [-0.25, -0.2) is 13.6 Å². The first kappa shape index (κ1) is 16.5. The SMILES string of the molecule is CC1(C)CC(Nc2cc(S(N)(=O)=O)ccc2Cl)C(C)(C)O1. The second-order valence-electron chi connectivity index (χ2n) is 6.55. The maximum Gasteiger partial charge on any atom is 0.238 e. The minimum Gasteiger partial charge on any atom is -0.378 e. The van der Waals surface area contributed by atoms with Crippen molar-refractivity contribution in [2.75, 3.05) is 5.32 Å². The van der Waals surface area contributed by atoms with E-state index in [1.807, 2.05) is 27.7 Å². The largest absolute Gasteiger partial charge is 0.378 e. The van der Waals surface area contributed by atoms with Crippen LogP contribution in [0.4, 0.5) is 5.69 Å². The number of halogens is 1. The average Bonchev–Trinajstić information content (AvgIpc) is 2.48. The van der Waals surface area contributed by atoms with Crippen LogP contribution in [0.25, 0.3) is 0 Å². The van der Waals surface area contributed by atoms with Gasteiger partial charge in [0.25, 0.3) is 0 Å². The first-order valence-electron chi connectivity index (χ1n) is 6.70. The summed E-state index contributed by atoms with van der Waals surface area (Å²) in [6.07, 6.45) is 0.788. The highest BCUT2D eigenvalue weighted by Crippen LogP contribution is 2.40. The van der Waals surface area contributed by atoms with Crippen LogP contribution in [0.15, 0.2) is 23.1 Å². The molecule has 1 aromatic rings. The Morgan fingerprint density at radius 2 is 1.95 bits per heavy atom. The van der Waals surface area contributed by atoms with Crippen LogP contribution in [-0.4, -0.2) is 25.7 Å². The highest BCUT2D eigenvalue weighted by molar-refractivity contribution is 7.89. The lowest BCUT2D eigenvalue weighted by atomic mass is 9.94. The standard InChI is InChI=1S/C14H21ClN2O3S/c1-13(2)8-12(14(3,4)20-13)17-11-7-9(21(16,18)19)5-6-10(11)15/h5-7,12,17H,8H2,1-4H3,(H2,16,18,19). The third-order valence-electron chi connectivity index (χ3n) is 3.67. The molecule has 0 saturated carbocycles. The van der Waals surface area contributed by atoms with Crippen molar-refractivity contribution in [1.29, 1.82) is 0 Å². The number of hydrogen-bond acceptors (Lipinski definition) is 4. The summed E-state index contributed by atoms with van der Waals surface area (Å²) in [6.45, 7) is 8.05.